The van der Waals surface area contributed by atoms with Gasteiger partial charge in [-0.05, 0) is 44.7 Å². The number of likely N-dealkylation sites (tertiary alicyclic amines) is 1. The first-order valence-corrected chi connectivity index (χ1v) is 15.0. The number of ether oxygens (including phenoxy) is 1. The number of aliphatic hydroxyl groups is 1. The number of rotatable bonds is 11. The smallest absolute Gasteiger partial charge is 0.310 e. The Labute approximate surface area is 241 Å². The topological polar surface area (TPSA) is 87.2 Å². The number of esters is 1. The number of unbranched alkanes of at least 4 members (excludes halogenated alkanes) is 1. The van der Waals surface area contributed by atoms with Crippen molar-refractivity contribution >= 4 is 62.8 Å². The maximum atomic E-state index is 14.6. The zero-order valence-corrected chi connectivity index (χ0v) is 24.8. The standard InChI is InChI=1S/C28H34BrClN2O5S/c1-5-7-8-13-37-27(36)20-21-25(34)32(17(4)15-33)24(28(21)14-18(29)23(20)38-28)26(35)31(12-6-2)22-16(3)10-9-11-19(22)30/h5-6,9-11,17-18,20-21,23-24,33H,1-2,7-8,12-15H2,3-4H3/t17-,18?,20-,21+,23-,24?,28?/m1/s1. The third-order valence-electron chi connectivity index (χ3n) is 7.81. The summed E-state index contributed by atoms with van der Waals surface area (Å²) in [6, 6.07) is 3.91. The number of para-hydroxylation sites is 1. The van der Waals surface area contributed by atoms with Crippen LogP contribution in [0.2, 0.25) is 5.02 Å². The number of hydrogen-bond donors (Lipinski definition) is 1. The highest BCUT2D eigenvalue weighted by Gasteiger charge is 2.76. The maximum absolute atomic E-state index is 14.6. The van der Waals surface area contributed by atoms with Gasteiger partial charge >= 0.3 is 5.97 Å². The fourth-order valence-electron chi connectivity index (χ4n) is 6.21. The number of halogens is 2. The summed E-state index contributed by atoms with van der Waals surface area (Å²) in [5.41, 5.74) is 1.38. The molecular formula is C28H34BrClN2O5S. The number of carbonyl (C=O) groups excluding carboxylic acids is 3. The number of benzene rings is 1. The van der Waals surface area contributed by atoms with Crippen LogP contribution in [0.25, 0.3) is 0 Å². The van der Waals surface area contributed by atoms with Crippen LogP contribution in [0.4, 0.5) is 5.69 Å². The Balaban J connectivity index is 1.78. The predicted molar refractivity (Wildman–Crippen MR) is 155 cm³/mol. The zero-order chi connectivity index (χ0) is 27.8. The lowest BCUT2D eigenvalue weighted by atomic mass is 9.71. The molecule has 4 rings (SSSR count). The molecule has 3 fully saturated rings. The van der Waals surface area contributed by atoms with Gasteiger partial charge in [0.1, 0.15) is 6.04 Å². The van der Waals surface area contributed by atoms with Gasteiger partial charge < -0.3 is 19.6 Å². The van der Waals surface area contributed by atoms with E-state index < -0.39 is 34.6 Å². The summed E-state index contributed by atoms with van der Waals surface area (Å²) in [7, 11) is 0. The molecule has 38 heavy (non-hydrogen) atoms. The van der Waals surface area contributed by atoms with Gasteiger partial charge in [-0.2, -0.15) is 0 Å². The van der Waals surface area contributed by atoms with Gasteiger partial charge in [0.15, 0.2) is 0 Å². The van der Waals surface area contributed by atoms with Crippen molar-refractivity contribution in [3.8, 4) is 0 Å². The zero-order valence-electron chi connectivity index (χ0n) is 21.6. The van der Waals surface area contributed by atoms with Gasteiger partial charge in [-0.25, -0.2) is 0 Å². The van der Waals surface area contributed by atoms with E-state index in [0.717, 1.165) is 12.0 Å². The van der Waals surface area contributed by atoms with Crippen molar-refractivity contribution in [1.29, 1.82) is 0 Å². The minimum Gasteiger partial charge on any atom is -0.465 e. The van der Waals surface area contributed by atoms with Crippen molar-refractivity contribution in [1.82, 2.24) is 4.90 Å². The highest BCUT2D eigenvalue weighted by molar-refractivity contribution is 9.09. The van der Waals surface area contributed by atoms with Crippen LogP contribution >= 0.6 is 39.3 Å². The van der Waals surface area contributed by atoms with Crippen LogP contribution in [-0.4, -0.2) is 74.5 Å². The van der Waals surface area contributed by atoms with Crippen LogP contribution < -0.4 is 4.90 Å². The molecular weight excluding hydrogens is 592 g/mol. The van der Waals surface area contributed by atoms with E-state index in [9.17, 15) is 19.5 Å². The normalized spacial score (nSPS) is 30.2. The van der Waals surface area contributed by atoms with Crippen LogP contribution in [-0.2, 0) is 19.1 Å². The average Bonchev–Trinajstić information content (AvgIpc) is 3.48. The molecule has 0 saturated carbocycles. The van der Waals surface area contributed by atoms with Crippen LogP contribution in [0.1, 0.15) is 31.7 Å². The van der Waals surface area contributed by atoms with Gasteiger partial charge in [0, 0.05) is 16.6 Å². The molecule has 1 N–H and O–H groups in total. The molecule has 206 valence electrons. The first-order valence-electron chi connectivity index (χ1n) is 12.8. The third-order valence-corrected chi connectivity index (χ3v) is 11.3. The van der Waals surface area contributed by atoms with Crippen LogP contribution in [0.3, 0.4) is 0 Å². The third kappa shape index (κ3) is 4.73. The molecule has 2 bridgehead atoms. The summed E-state index contributed by atoms with van der Waals surface area (Å²) in [5.74, 6) is -2.41. The molecule has 0 aliphatic carbocycles. The fourth-order valence-corrected chi connectivity index (χ4v) is 10.1. The van der Waals surface area contributed by atoms with Crippen LogP contribution in [0.5, 0.6) is 0 Å². The molecule has 7 atom stereocenters. The molecule has 3 saturated heterocycles. The highest BCUT2D eigenvalue weighted by Crippen LogP contribution is 2.68. The minimum absolute atomic E-state index is 0.0724. The summed E-state index contributed by atoms with van der Waals surface area (Å²) in [6.45, 7) is 11.3. The second-order valence-corrected chi connectivity index (χ2v) is 13.3. The van der Waals surface area contributed by atoms with E-state index in [1.165, 1.54) is 16.7 Å². The lowest BCUT2D eigenvalue weighted by molar-refractivity contribution is -0.154. The SMILES string of the molecule is C=CCCCOC(=O)[C@H]1[C@@H]2SC3(CC2Br)C(C(=O)N(CC=C)c2c(C)cccc2Cl)N([C@H](C)CO)C(=O)[C@H]13. The summed E-state index contributed by atoms with van der Waals surface area (Å²) in [6.07, 6.45) is 5.31. The Bertz CT molecular complexity index is 1110. The molecule has 3 unspecified atom stereocenters. The lowest BCUT2D eigenvalue weighted by Gasteiger charge is -2.39. The van der Waals surface area contributed by atoms with Crippen LogP contribution in [0.15, 0.2) is 43.5 Å². The number of allylic oxidation sites excluding steroid dienone is 1. The number of aliphatic hydroxyl groups excluding tert-OH is 1. The Kier molecular flexibility index (Phi) is 9.02. The summed E-state index contributed by atoms with van der Waals surface area (Å²) in [4.78, 5) is 45.0. The van der Waals surface area contributed by atoms with Crippen molar-refractivity contribution in [3.05, 3.63) is 54.1 Å². The molecule has 2 amide bonds. The number of anilines is 1. The molecule has 7 nitrogen and oxygen atoms in total. The Hall–Kier alpha value is -1.81. The fraction of sp³-hybridized carbons (Fsp3) is 0.536. The number of nitrogens with zero attached hydrogens (tertiary/aromatic N) is 2. The van der Waals surface area contributed by atoms with E-state index in [-0.39, 0.29) is 41.6 Å². The van der Waals surface area contributed by atoms with E-state index >= 15 is 0 Å². The van der Waals surface area contributed by atoms with Gasteiger partial charge in [-0.1, -0.05) is 51.8 Å². The van der Waals surface area contributed by atoms with Crippen molar-refractivity contribution in [3.63, 3.8) is 0 Å². The van der Waals surface area contributed by atoms with Crippen LogP contribution in [0, 0.1) is 18.8 Å². The van der Waals surface area contributed by atoms with E-state index in [1.54, 1.807) is 30.0 Å². The number of alkyl halides is 1. The molecule has 1 aromatic rings. The van der Waals surface area contributed by atoms with E-state index in [2.05, 4.69) is 29.1 Å². The molecule has 1 aromatic carbocycles. The van der Waals surface area contributed by atoms with E-state index in [4.69, 9.17) is 16.3 Å². The highest BCUT2D eigenvalue weighted by atomic mass is 79.9. The molecule has 3 aliphatic heterocycles. The Morgan fingerprint density at radius 3 is 2.76 bits per heavy atom. The second kappa shape index (κ2) is 11.7. The Morgan fingerprint density at radius 2 is 2.13 bits per heavy atom. The Morgan fingerprint density at radius 1 is 1.39 bits per heavy atom. The quantitative estimate of drug-likeness (QED) is 0.168. The van der Waals surface area contributed by atoms with Crippen molar-refractivity contribution in [2.75, 3.05) is 24.7 Å². The van der Waals surface area contributed by atoms with Gasteiger partial charge in [-0.3, -0.25) is 14.4 Å². The minimum atomic E-state index is -0.897. The average molecular weight is 626 g/mol. The van der Waals surface area contributed by atoms with Gasteiger partial charge in [0.05, 0.1) is 46.5 Å². The molecule has 0 radical (unpaired) electrons. The molecule has 0 aromatic heterocycles. The number of thioether (sulfide) groups is 1. The van der Waals surface area contributed by atoms with Crippen molar-refractivity contribution in [2.45, 2.75) is 60.0 Å². The second-order valence-electron chi connectivity index (χ2n) is 10.2. The summed E-state index contributed by atoms with van der Waals surface area (Å²) < 4.78 is 4.77. The maximum Gasteiger partial charge on any atom is 0.310 e. The van der Waals surface area contributed by atoms with E-state index in [0.29, 0.717) is 23.6 Å². The summed E-state index contributed by atoms with van der Waals surface area (Å²) >= 11 is 11.9. The number of carbonyl (C=O) groups is 3. The number of hydrogen-bond acceptors (Lipinski definition) is 6. The molecule has 3 aliphatic rings. The number of amides is 2. The molecule has 3 heterocycles. The lowest BCUT2D eigenvalue weighted by Crippen LogP contribution is -2.57. The largest absolute Gasteiger partial charge is 0.465 e. The monoisotopic (exact) mass is 624 g/mol. The van der Waals surface area contributed by atoms with Gasteiger partial charge in [0.25, 0.3) is 5.91 Å². The van der Waals surface area contributed by atoms with E-state index in [1.807, 2.05) is 19.1 Å². The van der Waals surface area contributed by atoms with Crippen molar-refractivity contribution in [2.24, 2.45) is 11.8 Å². The summed E-state index contributed by atoms with van der Waals surface area (Å²) in [5, 5.41) is 10.3. The van der Waals surface area contributed by atoms with Crippen molar-refractivity contribution < 1.29 is 24.2 Å². The predicted octanol–water partition coefficient (Wildman–Crippen LogP) is 4.52. The molecule has 10 heteroatoms. The van der Waals surface area contributed by atoms with Gasteiger partial charge in [0.2, 0.25) is 5.91 Å². The number of aryl methyl sites for hydroxylation is 1. The molecule has 1 spiro atoms. The first-order chi connectivity index (χ1) is 18.1. The van der Waals surface area contributed by atoms with Gasteiger partial charge in [-0.15, -0.1) is 24.9 Å². The first kappa shape index (κ1) is 29.2. The number of fused-ring (bicyclic) bond motifs is 1.